The van der Waals surface area contributed by atoms with Crippen LogP contribution in [-0.4, -0.2) is 40.9 Å². The summed E-state index contributed by atoms with van der Waals surface area (Å²) in [5, 5.41) is 3.73. The molecule has 0 unspecified atom stereocenters. The number of ether oxygens (including phenoxy) is 1. The van der Waals surface area contributed by atoms with Gasteiger partial charge in [0.15, 0.2) is 0 Å². The lowest BCUT2D eigenvalue weighted by Crippen LogP contribution is -2.32. The number of aromatic nitrogens is 2. The van der Waals surface area contributed by atoms with E-state index in [-0.39, 0.29) is 12.0 Å². The van der Waals surface area contributed by atoms with Crippen molar-refractivity contribution in [3.63, 3.8) is 0 Å². The van der Waals surface area contributed by atoms with E-state index in [4.69, 9.17) is 14.7 Å². The first kappa shape index (κ1) is 17.9. The Hall–Kier alpha value is -2.44. The molecule has 0 aliphatic carbocycles. The standard InChI is InChI=1S/C21H21N3O2S/c25-19(22-13-16-9-6-12-26-16)14-27-21-20(15-7-2-1-3-8-15)23-17-10-4-5-11-18(17)24-21/h1-5,7-8,10-11,16H,6,9,12-14H2,(H,22,25)/t16-/m1/s1. The minimum atomic E-state index is -0.00975. The van der Waals surface area contributed by atoms with Crippen molar-refractivity contribution in [2.45, 2.75) is 24.0 Å². The molecule has 1 aromatic heterocycles. The smallest absolute Gasteiger partial charge is 0.230 e. The van der Waals surface area contributed by atoms with Gasteiger partial charge in [0.05, 0.1) is 22.9 Å². The van der Waals surface area contributed by atoms with Gasteiger partial charge >= 0.3 is 0 Å². The second-order valence-electron chi connectivity index (χ2n) is 6.46. The van der Waals surface area contributed by atoms with Crippen molar-refractivity contribution in [2.24, 2.45) is 0 Å². The summed E-state index contributed by atoms with van der Waals surface area (Å²) in [6.45, 7) is 1.37. The summed E-state index contributed by atoms with van der Waals surface area (Å²) in [5.41, 5.74) is 3.49. The molecule has 1 saturated heterocycles. The van der Waals surface area contributed by atoms with E-state index in [2.05, 4.69) is 5.32 Å². The van der Waals surface area contributed by atoms with Gasteiger partial charge in [-0.05, 0) is 25.0 Å². The number of carbonyl (C=O) groups excluding carboxylic acids is 1. The van der Waals surface area contributed by atoms with Gasteiger partial charge < -0.3 is 10.1 Å². The molecule has 4 rings (SSSR count). The van der Waals surface area contributed by atoms with Crippen LogP contribution in [0.3, 0.4) is 0 Å². The Morgan fingerprint density at radius 2 is 1.81 bits per heavy atom. The highest BCUT2D eigenvalue weighted by atomic mass is 32.2. The van der Waals surface area contributed by atoms with Crippen LogP contribution in [0.25, 0.3) is 22.3 Å². The van der Waals surface area contributed by atoms with Crippen molar-refractivity contribution in [1.29, 1.82) is 0 Å². The van der Waals surface area contributed by atoms with Crippen LogP contribution in [0, 0.1) is 0 Å². The molecule has 1 aliphatic heterocycles. The minimum absolute atomic E-state index is 0.00975. The van der Waals surface area contributed by atoms with Gasteiger partial charge in [-0.2, -0.15) is 0 Å². The lowest BCUT2D eigenvalue weighted by molar-refractivity contribution is -0.119. The molecule has 1 atom stereocenters. The molecule has 1 amide bonds. The highest BCUT2D eigenvalue weighted by Crippen LogP contribution is 2.30. The SMILES string of the molecule is O=C(CSc1nc2ccccc2nc1-c1ccccc1)NC[C@H]1CCCO1. The van der Waals surface area contributed by atoms with E-state index in [1.165, 1.54) is 11.8 Å². The van der Waals surface area contributed by atoms with Crippen molar-refractivity contribution in [2.75, 3.05) is 18.9 Å². The molecular formula is C21H21N3O2S. The topological polar surface area (TPSA) is 64.1 Å². The second-order valence-corrected chi connectivity index (χ2v) is 7.42. The van der Waals surface area contributed by atoms with Crippen LogP contribution in [0.15, 0.2) is 59.6 Å². The minimum Gasteiger partial charge on any atom is -0.376 e. The Morgan fingerprint density at radius 1 is 1.07 bits per heavy atom. The summed E-state index contributed by atoms with van der Waals surface area (Å²) in [4.78, 5) is 21.8. The number of rotatable bonds is 6. The van der Waals surface area contributed by atoms with Gasteiger partial charge in [-0.25, -0.2) is 9.97 Å². The molecule has 1 N–H and O–H groups in total. The normalized spacial score (nSPS) is 16.5. The van der Waals surface area contributed by atoms with Gasteiger partial charge in [-0.3, -0.25) is 4.79 Å². The lowest BCUT2D eigenvalue weighted by Gasteiger charge is -2.12. The molecule has 0 radical (unpaired) electrons. The van der Waals surface area contributed by atoms with E-state index in [1.54, 1.807) is 0 Å². The zero-order chi connectivity index (χ0) is 18.5. The van der Waals surface area contributed by atoms with Crippen LogP contribution in [-0.2, 0) is 9.53 Å². The summed E-state index contributed by atoms with van der Waals surface area (Å²) in [6, 6.07) is 17.8. The Morgan fingerprint density at radius 3 is 2.56 bits per heavy atom. The number of benzene rings is 2. The van der Waals surface area contributed by atoms with Crippen LogP contribution in [0.1, 0.15) is 12.8 Å². The maximum atomic E-state index is 12.2. The first-order valence-corrected chi connectivity index (χ1v) is 10.1. The number of carbonyl (C=O) groups is 1. The van der Waals surface area contributed by atoms with Crippen LogP contribution in [0.5, 0.6) is 0 Å². The van der Waals surface area contributed by atoms with E-state index in [0.29, 0.717) is 12.3 Å². The molecule has 5 nitrogen and oxygen atoms in total. The summed E-state index contributed by atoms with van der Waals surface area (Å²) >= 11 is 1.42. The number of hydrogen-bond acceptors (Lipinski definition) is 5. The molecule has 0 saturated carbocycles. The van der Waals surface area contributed by atoms with E-state index >= 15 is 0 Å². The second kappa shape index (κ2) is 8.50. The number of amides is 1. The number of para-hydroxylation sites is 2. The maximum absolute atomic E-state index is 12.2. The van der Waals surface area contributed by atoms with Gasteiger partial charge in [0.2, 0.25) is 5.91 Å². The average molecular weight is 379 g/mol. The Balaban J connectivity index is 1.51. The van der Waals surface area contributed by atoms with Crippen LogP contribution >= 0.6 is 11.8 Å². The first-order valence-electron chi connectivity index (χ1n) is 9.13. The van der Waals surface area contributed by atoms with Crippen LogP contribution in [0.4, 0.5) is 0 Å². The highest BCUT2D eigenvalue weighted by molar-refractivity contribution is 8.00. The number of nitrogens with zero attached hydrogens (tertiary/aromatic N) is 2. The molecule has 3 aromatic rings. The van der Waals surface area contributed by atoms with E-state index in [9.17, 15) is 4.79 Å². The number of hydrogen-bond donors (Lipinski definition) is 1. The van der Waals surface area contributed by atoms with Gasteiger partial charge in [0, 0.05) is 18.7 Å². The molecular weight excluding hydrogens is 358 g/mol. The molecule has 2 aromatic carbocycles. The zero-order valence-electron chi connectivity index (χ0n) is 14.9. The summed E-state index contributed by atoms with van der Waals surface area (Å²) in [5.74, 6) is 0.295. The van der Waals surface area contributed by atoms with E-state index in [0.717, 1.165) is 46.8 Å². The van der Waals surface area contributed by atoms with Gasteiger partial charge in [-0.15, -0.1) is 0 Å². The van der Waals surface area contributed by atoms with Crippen molar-refractivity contribution in [1.82, 2.24) is 15.3 Å². The van der Waals surface area contributed by atoms with Gasteiger partial charge in [0.25, 0.3) is 0 Å². The average Bonchev–Trinajstić information content (AvgIpc) is 3.24. The largest absolute Gasteiger partial charge is 0.376 e. The summed E-state index contributed by atoms with van der Waals surface area (Å²) in [6.07, 6.45) is 2.24. The molecule has 1 fully saturated rings. The van der Waals surface area contributed by atoms with Crippen LogP contribution in [0.2, 0.25) is 0 Å². The van der Waals surface area contributed by atoms with Crippen molar-refractivity contribution >= 4 is 28.7 Å². The zero-order valence-corrected chi connectivity index (χ0v) is 15.7. The number of fused-ring (bicyclic) bond motifs is 1. The van der Waals surface area contributed by atoms with Crippen molar-refractivity contribution < 1.29 is 9.53 Å². The quantitative estimate of drug-likeness (QED) is 0.662. The fourth-order valence-corrected chi connectivity index (χ4v) is 3.92. The molecule has 6 heteroatoms. The number of thioether (sulfide) groups is 1. The van der Waals surface area contributed by atoms with Crippen molar-refractivity contribution in [3.05, 3.63) is 54.6 Å². The van der Waals surface area contributed by atoms with E-state index in [1.807, 2.05) is 54.6 Å². The third kappa shape index (κ3) is 4.46. The molecule has 2 heterocycles. The number of nitrogens with one attached hydrogen (secondary N) is 1. The molecule has 0 spiro atoms. The van der Waals surface area contributed by atoms with Gasteiger partial charge in [-0.1, -0.05) is 54.2 Å². The van der Waals surface area contributed by atoms with E-state index < -0.39 is 0 Å². The Bertz CT molecular complexity index is 927. The molecule has 0 bridgehead atoms. The third-order valence-corrected chi connectivity index (χ3v) is 5.44. The monoisotopic (exact) mass is 379 g/mol. The van der Waals surface area contributed by atoms with Crippen molar-refractivity contribution in [3.8, 4) is 11.3 Å². The Labute approximate surface area is 162 Å². The molecule has 138 valence electrons. The highest BCUT2D eigenvalue weighted by Gasteiger charge is 2.17. The molecule has 1 aliphatic rings. The lowest BCUT2D eigenvalue weighted by atomic mass is 10.1. The van der Waals surface area contributed by atoms with Crippen LogP contribution < -0.4 is 5.32 Å². The fraction of sp³-hybridized carbons (Fsp3) is 0.286. The predicted molar refractivity (Wildman–Crippen MR) is 108 cm³/mol. The summed E-state index contributed by atoms with van der Waals surface area (Å²) in [7, 11) is 0. The molecule has 27 heavy (non-hydrogen) atoms. The summed E-state index contributed by atoms with van der Waals surface area (Å²) < 4.78 is 5.55. The predicted octanol–water partition coefficient (Wildman–Crippen LogP) is 3.68. The first-order chi connectivity index (χ1) is 13.3. The van der Waals surface area contributed by atoms with Gasteiger partial charge in [0.1, 0.15) is 10.7 Å². The maximum Gasteiger partial charge on any atom is 0.230 e. The Kier molecular flexibility index (Phi) is 5.65. The fourth-order valence-electron chi connectivity index (χ4n) is 3.09. The third-order valence-electron chi connectivity index (χ3n) is 4.48.